The van der Waals surface area contributed by atoms with Crippen LogP contribution < -0.4 is 0 Å². The summed E-state index contributed by atoms with van der Waals surface area (Å²) in [5, 5.41) is 0. The van der Waals surface area contributed by atoms with Gasteiger partial charge in [-0.1, -0.05) is 27.2 Å². The van der Waals surface area contributed by atoms with Crippen LogP contribution in [-0.4, -0.2) is 5.78 Å². The normalized spacial score (nSPS) is 50.2. The molecule has 0 radical (unpaired) electrons. The van der Waals surface area contributed by atoms with Crippen LogP contribution in [0.1, 0.15) is 65.7 Å². The number of Topliss-reactive ketones (excluding diaryl/α,β-unsaturated/α-hetero) is 1. The van der Waals surface area contributed by atoms with Gasteiger partial charge in [0, 0.05) is 11.8 Å². The number of hydrogen-bond donors (Lipinski definition) is 0. The lowest BCUT2D eigenvalue weighted by Gasteiger charge is -2.54. The topological polar surface area (TPSA) is 17.1 Å². The maximum atomic E-state index is 12.3. The predicted octanol–water partition coefficient (Wildman–Crippen LogP) is 3.96. The Balaban J connectivity index is 2.01. The number of hydrogen-bond acceptors (Lipinski definition) is 1. The Bertz CT molecular complexity index is 343. The van der Waals surface area contributed by atoms with Crippen molar-refractivity contribution in [2.45, 2.75) is 65.7 Å². The molecule has 0 aromatic rings. The number of fused-ring (bicyclic) bond motifs is 1. The Morgan fingerprint density at radius 3 is 2.62 bits per heavy atom. The summed E-state index contributed by atoms with van der Waals surface area (Å²) >= 11 is 0. The highest BCUT2D eigenvalue weighted by molar-refractivity contribution is 5.88. The van der Waals surface area contributed by atoms with E-state index in [1.54, 1.807) is 0 Å². The first kappa shape index (κ1) is 10.8. The summed E-state index contributed by atoms with van der Waals surface area (Å²) < 4.78 is 0. The van der Waals surface area contributed by atoms with Gasteiger partial charge in [-0.25, -0.2) is 0 Å². The van der Waals surface area contributed by atoms with Gasteiger partial charge in [0.2, 0.25) is 0 Å². The first-order valence-corrected chi connectivity index (χ1v) is 6.91. The zero-order chi connectivity index (χ0) is 11.6. The third kappa shape index (κ3) is 1.21. The summed E-state index contributed by atoms with van der Waals surface area (Å²) in [5.74, 6) is 1.23. The SMILES string of the molecule is CC1(C)C(=O)C[C@]23CCC[C@](C)(CC[C@H]12)C3. The highest BCUT2D eigenvalue weighted by Crippen LogP contribution is 2.67. The van der Waals surface area contributed by atoms with Crippen LogP contribution in [0.3, 0.4) is 0 Å². The summed E-state index contributed by atoms with van der Waals surface area (Å²) in [5.41, 5.74) is 0.944. The summed E-state index contributed by atoms with van der Waals surface area (Å²) in [6, 6.07) is 0. The molecule has 0 aromatic heterocycles. The van der Waals surface area contributed by atoms with Crippen LogP contribution in [0.2, 0.25) is 0 Å². The fraction of sp³-hybridized carbons (Fsp3) is 0.933. The molecular formula is C15H24O. The molecule has 16 heavy (non-hydrogen) atoms. The largest absolute Gasteiger partial charge is 0.299 e. The number of carbonyl (C=O) groups excluding carboxylic acids is 1. The van der Waals surface area contributed by atoms with E-state index in [0.29, 0.717) is 22.5 Å². The molecule has 0 unspecified atom stereocenters. The number of rotatable bonds is 0. The standard InChI is InChI=1S/C15H24O/c1-13(2)11-5-8-14(3)6-4-7-15(11,10-14)9-12(13)16/h11H,4-10H2,1-3H3/t11-,14-,15+/m1/s1. The molecule has 1 heteroatoms. The van der Waals surface area contributed by atoms with Gasteiger partial charge in [0.1, 0.15) is 5.78 Å². The molecule has 1 spiro atoms. The molecule has 0 heterocycles. The quantitative estimate of drug-likeness (QED) is 0.604. The molecule has 3 fully saturated rings. The minimum atomic E-state index is -0.0291. The lowest BCUT2D eigenvalue weighted by Crippen LogP contribution is -2.45. The van der Waals surface area contributed by atoms with E-state index in [-0.39, 0.29) is 5.41 Å². The molecular weight excluding hydrogens is 196 g/mol. The Morgan fingerprint density at radius 2 is 1.88 bits per heavy atom. The summed E-state index contributed by atoms with van der Waals surface area (Å²) in [6.07, 6.45) is 8.96. The molecule has 0 N–H and O–H groups in total. The van der Waals surface area contributed by atoms with Crippen molar-refractivity contribution >= 4 is 5.78 Å². The van der Waals surface area contributed by atoms with Gasteiger partial charge in [-0.15, -0.1) is 0 Å². The average Bonchev–Trinajstić information content (AvgIpc) is 2.32. The molecule has 3 aliphatic rings. The van der Waals surface area contributed by atoms with E-state index in [0.717, 1.165) is 6.42 Å². The van der Waals surface area contributed by atoms with Crippen molar-refractivity contribution in [2.75, 3.05) is 0 Å². The zero-order valence-corrected chi connectivity index (χ0v) is 10.9. The van der Waals surface area contributed by atoms with E-state index >= 15 is 0 Å². The zero-order valence-electron chi connectivity index (χ0n) is 10.9. The molecule has 90 valence electrons. The summed E-state index contributed by atoms with van der Waals surface area (Å²) in [6.45, 7) is 6.86. The molecule has 0 aromatic carbocycles. The maximum Gasteiger partial charge on any atom is 0.139 e. The highest BCUT2D eigenvalue weighted by Gasteiger charge is 2.61. The second-order valence-electron chi connectivity index (χ2n) is 7.62. The monoisotopic (exact) mass is 220 g/mol. The Labute approximate surface area is 99.0 Å². The molecule has 3 saturated carbocycles. The fourth-order valence-corrected chi connectivity index (χ4v) is 5.35. The van der Waals surface area contributed by atoms with Crippen LogP contribution in [0.25, 0.3) is 0 Å². The van der Waals surface area contributed by atoms with Crippen molar-refractivity contribution in [3.63, 3.8) is 0 Å². The number of carbonyl (C=O) groups is 1. The van der Waals surface area contributed by atoms with Gasteiger partial charge in [0.15, 0.2) is 0 Å². The van der Waals surface area contributed by atoms with Crippen molar-refractivity contribution in [2.24, 2.45) is 22.2 Å². The van der Waals surface area contributed by atoms with Crippen molar-refractivity contribution in [1.29, 1.82) is 0 Å². The third-order valence-corrected chi connectivity index (χ3v) is 6.11. The molecule has 1 nitrogen and oxygen atoms in total. The molecule has 0 aliphatic heterocycles. The van der Waals surface area contributed by atoms with E-state index in [4.69, 9.17) is 0 Å². The van der Waals surface area contributed by atoms with E-state index in [9.17, 15) is 4.79 Å². The van der Waals surface area contributed by atoms with Crippen LogP contribution in [-0.2, 0) is 4.79 Å². The van der Waals surface area contributed by atoms with E-state index < -0.39 is 0 Å². The Morgan fingerprint density at radius 1 is 1.12 bits per heavy atom. The fourth-order valence-electron chi connectivity index (χ4n) is 5.35. The molecule has 3 atom stereocenters. The smallest absolute Gasteiger partial charge is 0.139 e. The van der Waals surface area contributed by atoms with Crippen molar-refractivity contribution < 1.29 is 4.79 Å². The van der Waals surface area contributed by atoms with Gasteiger partial charge in [0.05, 0.1) is 0 Å². The van der Waals surface area contributed by atoms with E-state index in [1.807, 2.05) is 0 Å². The van der Waals surface area contributed by atoms with Crippen LogP contribution in [0.15, 0.2) is 0 Å². The summed E-state index contributed by atoms with van der Waals surface area (Å²) in [7, 11) is 0. The van der Waals surface area contributed by atoms with Crippen molar-refractivity contribution in [3.8, 4) is 0 Å². The van der Waals surface area contributed by atoms with Gasteiger partial charge in [-0.3, -0.25) is 4.79 Å². The van der Waals surface area contributed by atoms with Crippen molar-refractivity contribution in [1.82, 2.24) is 0 Å². The lowest BCUT2D eigenvalue weighted by molar-refractivity contribution is -0.125. The lowest BCUT2D eigenvalue weighted by atomic mass is 9.50. The molecule has 3 rings (SSSR count). The number of ketones is 1. The Hall–Kier alpha value is -0.330. The van der Waals surface area contributed by atoms with Gasteiger partial charge < -0.3 is 0 Å². The maximum absolute atomic E-state index is 12.3. The molecule has 2 bridgehead atoms. The van der Waals surface area contributed by atoms with Crippen molar-refractivity contribution in [3.05, 3.63) is 0 Å². The third-order valence-electron chi connectivity index (χ3n) is 6.11. The second-order valence-corrected chi connectivity index (χ2v) is 7.62. The predicted molar refractivity (Wildman–Crippen MR) is 65.1 cm³/mol. The second kappa shape index (κ2) is 2.91. The van der Waals surface area contributed by atoms with Gasteiger partial charge in [-0.2, -0.15) is 0 Å². The highest BCUT2D eigenvalue weighted by atomic mass is 16.1. The first-order valence-electron chi connectivity index (χ1n) is 6.91. The molecule has 0 amide bonds. The average molecular weight is 220 g/mol. The van der Waals surface area contributed by atoms with Crippen LogP contribution >= 0.6 is 0 Å². The van der Waals surface area contributed by atoms with Crippen LogP contribution in [0.4, 0.5) is 0 Å². The minimum Gasteiger partial charge on any atom is -0.299 e. The molecule has 0 saturated heterocycles. The Kier molecular flexibility index (Phi) is 1.97. The van der Waals surface area contributed by atoms with Gasteiger partial charge >= 0.3 is 0 Å². The summed E-state index contributed by atoms with van der Waals surface area (Å²) in [4.78, 5) is 12.3. The minimum absolute atomic E-state index is 0.0291. The first-order chi connectivity index (χ1) is 7.38. The van der Waals surface area contributed by atoms with Gasteiger partial charge in [0.25, 0.3) is 0 Å². The van der Waals surface area contributed by atoms with E-state index in [1.165, 1.54) is 38.5 Å². The van der Waals surface area contributed by atoms with Crippen LogP contribution in [0.5, 0.6) is 0 Å². The van der Waals surface area contributed by atoms with E-state index in [2.05, 4.69) is 20.8 Å². The van der Waals surface area contributed by atoms with Gasteiger partial charge in [-0.05, 0) is 48.9 Å². The van der Waals surface area contributed by atoms with Crippen LogP contribution in [0, 0.1) is 22.2 Å². The molecule has 3 aliphatic carbocycles.